The molecule has 24 heavy (non-hydrogen) atoms. The summed E-state index contributed by atoms with van der Waals surface area (Å²) < 4.78 is 2.45. The van der Waals surface area contributed by atoms with Crippen molar-refractivity contribution in [2.45, 2.75) is 32.2 Å². The van der Waals surface area contributed by atoms with Gasteiger partial charge in [-0.1, -0.05) is 18.2 Å². The van der Waals surface area contributed by atoms with Crippen LogP contribution in [0, 0.1) is 10.7 Å². The van der Waals surface area contributed by atoms with E-state index >= 15 is 0 Å². The first-order chi connectivity index (χ1) is 11.7. The summed E-state index contributed by atoms with van der Waals surface area (Å²) in [7, 11) is 0. The van der Waals surface area contributed by atoms with Crippen molar-refractivity contribution < 1.29 is 4.79 Å². The third kappa shape index (κ3) is 4.07. The molecule has 0 bridgehead atoms. The van der Waals surface area contributed by atoms with Crippen LogP contribution in [0.15, 0.2) is 30.2 Å². The summed E-state index contributed by atoms with van der Waals surface area (Å²) >= 11 is 6.63. The molecule has 0 radical (unpaired) electrons. The normalized spacial score (nSPS) is 16.4. The van der Waals surface area contributed by atoms with Gasteiger partial charge in [-0.3, -0.25) is 14.5 Å². The molecular formula is C16H19N5OS2. The summed E-state index contributed by atoms with van der Waals surface area (Å²) in [6.07, 6.45) is 9.23. The largest absolute Gasteiger partial charge is 0.302 e. The molecule has 0 aromatic carbocycles. The van der Waals surface area contributed by atoms with E-state index in [-0.39, 0.29) is 5.91 Å². The summed E-state index contributed by atoms with van der Waals surface area (Å²) in [4.78, 5) is 16.5. The minimum Gasteiger partial charge on any atom is -0.302 e. The predicted molar refractivity (Wildman–Crippen MR) is 97.6 cm³/mol. The van der Waals surface area contributed by atoms with Crippen LogP contribution in [0.4, 0.5) is 5.13 Å². The van der Waals surface area contributed by atoms with Gasteiger partial charge in [-0.2, -0.15) is 5.10 Å². The SMILES string of the molecule is C=CCn1c(Cc2csc(NC(=O)CC3C=CCC3)n2)n[nH]c1=S. The first kappa shape index (κ1) is 16.8. The van der Waals surface area contributed by atoms with Crippen LogP contribution in [-0.2, 0) is 17.8 Å². The maximum atomic E-state index is 12.1. The molecule has 2 aromatic rings. The lowest BCUT2D eigenvalue weighted by Crippen LogP contribution is -2.14. The van der Waals surface area contributed by atoms with Crippen molar-refractivity contribution in [3.05, 3.63) is 46.5 Å². The van der Waals surface area contributed by atoms with Crippen molar-refractivity contribution >= 4 is 34.6 Å². The molecule has 1 amide bonds. The fourth-order valence-electron chi connectivity index (χ4n) is 2.68. The summed E-state index contributed by atoms with van der Waals surface area (Å²) in [5.74, 6) is 1.18. The van der Waals surface area contributed by atoms with Crippen molar-refractivity contribution in [1.82, 2.24) is 19.7 Å². The van der Waals surface area contributed by atoms with Gasteiger partial charge in [0.15, 0.2) is 9.90 Å². The molecule has 1 aliphatic carbocycles. The molecule has 0 fully saturated rings. The summed E-state index contributed by atoms with van der Waals surface area (Å²) in [5.41, 5.74) is 0.857. The third-order valence-corrected chi connectivity index (χ3v) is 4.96. The van der Waals surface area contributed by atoms with E-state index in [4.69, 9.17) is 12.2 Å². The summed E-state index contributed by atoms with van der Waals surface area (Å²) in [6.45, 7) is 4.33. The van der Waals surface area contributed by atoms with Crippen LogP contribution in [0.1, 0.15) is 30.8 Å². The van der Waals surface area contributed by atoms with Crippen molar-refractivity contribution in [2.24, 2.45) is 5.92 Å². The fourth-order valence-corrected chi connectivity index (χ4v) is 3.64. The van der Waals surface area contributed by atoms with E-state index in [1.54, 1.807) is 6.08 Å². The first-order valence-electron chi connectivity index (χ1n) is 7.81. The topological polar surface area (TPSA) is 75.6 Å². The van der Waals surface area contributed by atoms with Crippen molar-refractivity contribution in [3.8, 4) is 0 Å². The molecule has 6 nitrogen and oxygen atoms in total. The number of aromatic amines is 1. The number of nitrogens with zero attached hydrogens (tertiary/aromatic N) is 3. The zero-order chi connectivity index (χ0) is 16.9. The molecule has 8 heteroatoms. The van der Waals surface area contributed by atoms with Gasteiger partial charge in [0, 0.05) is 18.3 Å². The lowest BCUT2D eigenvalue weighted by atomic mass is 10.1. The Morgan fingerprint density at radius 2 is 2.50 bits per heavy atom. The second-order valence-electron chi connectivity index (χ2n) is 5.68. The van der Waals surface area contributed by atoms with Crippen LogP contribution < -0.4 is 5.32 Å². The molecule has 2 aromatic heterocycles. The molecule has 0 aliphatic heterocycles. The van der Waals surface area contributed by atoms with Crippen molar-refractivity contribution in [2.75, 3.05) is 5.32 Å². The zero-order valence-corrected chi connectivity index (χ0v) is 14.8. The number of hydrogen-bond acceptors (Lipinski definition) is 5. The highest BCUT2D eigenvalue weighted by Crippen LogP contribution is 2.22. The number of nitrogens with one attached hydrogen (secondary N) is 2. The number of aromatic nitrogens is 4. The minimum atomic E-state index is 0.0155. The lowest BCUT2D eigenvalue weighted by molar-refractivity contribution is -0.116. The van der Waals surface area contributed by atoms with E-state index in [1.165, 1.54) is 11.3 Å². The predicted octanol–water partition coefficient (Wildman–Crippen LogP) is 3.47. The Kier molecular flexibility index (Phi) is 5.37. The number of carbonyl (C=O) groups is 1. The minimum absolute atomic E-state index is 0.0155. The molecule has 1 atom stereocenters. The molecular weight excluding hydrogens is 342 g/mol. The number of carbonyl (C=O) groups excluding carboxylic acids is 1. The van der Waals surface area contributed by atoms with E-state index in [1.807, 2.05) is 9.95 Å². The number of thiazole rings is 1. The number of hydrogen-bond donors (Lipinski definition) is 2. The molecule has 0 spiro atoms. The number of anilines is 1. The zero-order valence-electron chi connectivity index (χ0n) is 13.2. The fraction of sp³-hybridized carbons (Fsp3) is 0.375. The number of H-pyrrole nitrogens is 1. The lowest BCUT2D eigenvalue weighted by Gasteiger charge is -2.06. The van der Waals surface area contributed by atoms with Gasteiger partial charge in [0.1, 0.15) is 5.82 Å². The molecule has 1 unspecified atom stereocenters. The van der Waals surface area contributed by atoms with Gasteiger partial charge in [-0.05, 0) is 31.0 Å². The van der Waals surface area contributed by atoms with E-state index in [0.29, 0.717) is 35.2 Å². The van der Waals surface area contributed by atoms with Crippen molar-refractivity contribution in [3.63, 3.8) is 0 Å². The quantitative estimate of drug-likeness (QED) is 0.585. The number of allylic oxidation sites excluding steroid dienone is 3. The summed E-state index contributed by atoms with van der Waals surface area (Å²) in [6, 6.07) is 0. The Labute approximate surface area is 149 Å². The third-order valence-electron chi connectivity index (χ3n) is 3.85. The van der Waals surface area contributed by atoms with Crippen LogP contribution in [0.5, 0.6) is 0 Å². The number of rotatable bonds is 7. The van der Waals surface area contributed by atoms with Gasteiger partial charge in [-0.15, -0.1) is 17.9 Å². The van der Waals surface area contributed by atoms with Crippen LogP contribution in [-0.4, -0.2) is 25.7 Å². The second kappa shape index (κ2) is 7.67. The Bertz CT molecular complexity index is 817. The highest BCUT2D eigenvalue weighted by atomic mass is 32.1. The van der Waals surface area contributed by atoms with E-state index < -0.39 is 0 Å². The van der Waals surface area contributed by atoms with Crippen LogP contribution in [0.3, 0.4) is 0 Å². The molecule has 126 valence electrons. The Morgan fingerprint density at radius 3 is 3.25 bits per heavy atom. The van der Waals surface area contributed by atoms with Gasteiger partial charge in [0.05, 0.1) is 12.1 Å². The highest BCUT2D eigenvalue weighted by molar-refractivity contribution is 7.71. The average molecular weight is 361 g/mol. The first-order valence-corrected chi connectivity index (χ1v) is 9.10. The van der Waals surface area contributed by atoms with Gasteiger partial charge >= 0.3 is 0 Å². The highest BCUT2D eigenvalue weighted by Gasteiger charge is 2.15. The van der Waals surface area contributed by atoms with E-state index in [9.17, 15) is 4.79 Å². The Hall–Kier alpha value is -2.06. The molecule has 1 aliphatic rings. The summed E-state index contributed by atoms with van der Waals surface area (Å²) in [5, 5.41) is 12.5. The van der Waals surface area contributed by atoms with Gasteiger partial charge in [0.25, 0.3) is 0 Å². The standard InChI is InChI=1S/C16H19N5OS2/c1-2-7-21-13(19-20-16(21)23)9-12-10-24-15(17-12)18-14(22)8-11-5-3-4-6-11/h2-3,5,10-11H,1,4,6-9H2,(H,20,23)(H,17,18,22). The van der Waals surface area contributed by atoms with Gasteiger partial charge in [-0.25, -0.2) is 4.98 Å². The second-order valence-corrected chi connectivity index (χ2v) is 6.93. The molecule has 0 saturated heterocycles. The molecule has 3 rings (SSSR count). The van der Waals surface area contributed by atoms with E-state index in [2.05, 4.69) is 39.2 Å². The van der Waals surface area contributed by atoms with E-state index in [0.717, 1.165) is 24.4 Å². The van der Waals surface area contributed by atoms with Crippen molar-refractivity contribution in [1.29, 1.82) is 0 Å². The maximum absolute atomic E-state index is 12.1. The van der Waals surface area contributed by atoms with Gasteiger partial charge in [0.2, 0.25) is 5.91 Å². The Morgan fingerprint density at radius 1 is 1.62 bits per heavy atom. The maximum Gasteiger partial charge on any atom is 0.226 e. The van der Waals surface area contributed by atoms with Gasteiger partial charge < -0.3 is 5.32 Å². The smallest absolute Gasteiger partial charge is 0.226 e. The average Bonchev–Trinajstić information content (AvgIpc) is 3.27. The molecule has 2 heterocycles. The number of amides is 1. The molecule has 2 N–H and O–H groups in total. The molecule has 0 saturated carbocycles. The monoisotopic (exact) mass is 361 g/mol. The van der Waals surface area contributed by atoms with Crippen LogP contribution >= 0.6 is 23.6 Å². The Balaban J connectivity index is 1.61. The van der Waals surface area contributed by atoms with Crippen LogP contribution in [0.2, 0.25) is 0 Å². The van der Waals surface area contributed by atoms with Crippen LogP contribution in [0.25, 0.3) is 0 Å².